The minimum Gasteiger partial charge on any atom is -0.381 e. The van der Waals surface area contributed by atoms with E-state index in [4.69, 9.17) is 10.5 Å². The van der Waals surface area contributed by atoms with Gasteiger partial charge in [-0.25, -0.2) is 0 Å². The van der Waals surface area contributed by atoms with Gasteiger partial charge in [0.25, 0.3) is 0 Å². The number of ether oxygens (including phenoxy) is 1. The maximum atomic E-state index is 11.8. The molecule has 114 valence electrons. The summed E-state index contributed by atoms with van der Waals surface area (Å²) in [5.74, 6) is -0.416. The van der Waals surface area contributed by atoms with Gasteiger partial charge in [0, 0.05) is 19.6 Å². The Labute approximate surface area is 111 Å². The number of rotatable bonds is 10. The van der Waals surface area contributed by atoms with Crippen molar-refractivity contribution in [3.8, 4) is 0 Å². The fraction of sp³-hybridized carbons (Fsp3) is 0.917. The van der Waals surface area contributed by atoms with Crippen LogP contribution >= 0.6 is 0 Å². The lowest BCUT2D eigenvalue weighted by atomic mass is 9.94. The largest absolute Gasteiger partial charge is 0.389 e. The monoisotopic (exact) mass is 284 g/mol. The second kappa shape index (κ2) is 8.37. The Hall–Kier alpha value is -0.820. The first-order chi connectivity index (χ1) is 8.71. The Kier molecular flexibility index (Phi) is 8.01. The van der Waals surface area contributed by atoms with E-state index in [0.29, 0.717) is 19.4 Å². The number of hydrogen-bond acceptors (Lipinski definition) is 3. The number of carbonyl (C=O) groups excluding carboxylic acids is 1. The molecule has 0 aromatic carbocycles. The molecule has 0 spiro atoms. The molecule has 0 fully saturated rings. The standard InChI is InChI=1S/C12H23F3N2O2/c1-11(17-2,10(16)18)6-3-4-8-19-9-5-7-12(13,14)15/h17H,3-9H2,1-2H3,(H2,16,18). The highest BCUT2D eigenvalue weighted by atomic mass is 19.4. The zero-order valence-electron chi connectivity index (χ0n) is 11.5. The molecule has 0 saturated heterocycles. The molecular weight excluding hydrogens is 261 g/mol. The second-order valence-corrected chi connectivity index (χ2v) is 4.73. The SMILES string of the molecule is CNC(C)(CCCCOCCCC(F)(F)F)C(N)=O. The molecule has 0 aliphatic heterocycles. The van der Waals surface area contributed by atoms with Crippen molar-refractivity contribution in [3.05, 3.63) is 0 Å². The van der Waals surface area contributed by atoms with E-state index in [0.717, 1.165) is 6.42 Å². The van der Waals surface area contributed by atoms with Crippen LogP contribution in [0.25, 0.3) is 0 Å². The van der Waals surface area contributed by atoms with Gasteiger partial charge in [0.2, 0.25) is 5.91 Å². The Bertz CT molecular complexity index is 272. The van der Waals surface area contributed by atoms with E-state index in [2.05, 4.69) is 5.32 Å². The lowest BCUT2D eigenvalue weighted by Crippen LogP contribution is -2.51. The summed E-state index contributed by atoms with van der Waals surface area (Å²) in [5.41, 5.74) is 4.52. The van der Waals surface area contributed by atoms with Crippen molar-refractivity contribution < 1.29 is 22.7 Å². The van der Waals surface area contributed by atoms with Crippen molar-refractivity contribution in [1.82, 2.24) is 5.32 Å². The van der Waals surface area contributed by atoms with E-state index in [1.807, 2.05) is 0 Å². The van der Waals surface area contributed by atoms with Crippen LogP contribution in [0.15, 0.2) is 0 Å². The highest BCUT2D eigenvalue weighted by Gasteiger charge is 2.28. The highest BCUT2D eigenvalue weighted by molar-refractivity contribution is 5.84. The summed E-state index contributed by atoms with van der Waals surface area (Å²) in [6.07, 6.45) is -2.95. The predicted octanol–water partition coefficient (Wildman–Crippen LogP) is 1.98. The van der Waals surface area contributed by atoms with E-state index in [-0.39, 0.29) is 13.0 Å². The molecule has 0 aromatic rings. The topological polar surface area (TPSA) is 64.3 Å². The number of alkyl halides is 3. The van der Waals surface area contributed by atoms with Gasteiger partial charge >= 0.3 is 6.18 Å². The first-order valence-electron chi connectivity index (χ1n) is 6.34. The normalized spacial score (nSPS) is 15.2. The molecule has 7 heteroatoms. The summed E-state index contributed by atoms with van der Waals surface area (Å²) < 4.78 is 40.6. The number of nitrogens with two attached hydrogens (primary N) is 1. The van der Waals surface area contributed by atoms with Crippen molar-refractivity contribution in [2.24, 2.45) is 5.73 Å². The van der Waals surface area contributed by atoms with E-state index < -0.39 is 24.0 Å². The number of unbranched alkanes of at least 4 members (excludes halogenated alkanes) is 1. The maximum absolute atomic E-state index is 11.8. The van der Waals surface area contributed by atoms with Gasteiger partial charge in [-0.05, 0) is 39.7 Å². The molecule has 1 amide bonds. The first-order valence-corrected chi connectivity index (χ1v) is 6.34. The number of carbonyl (C=O) groups is 1. The number of primary amides is 1. The van der Waals surface area contributed by atoms with Crippen LogP contribution < -0.4 is 11.1 Å². The van der Waals surface area contributed by atoms with Gasteiger partial charge in [0.05, 0.1) is 5.54 Å². The quantitative estimate of drug-likeness (QED) is 0.603. The molecule has 4 nitrogen and oxygen atoms in total. The molecular formula is C12H23F3N2O2. The number of amides is 1. The fourth-order valence-corrected chi connectivity index (χ4v) is 1.53. The molecule has 1 atom stereocenters. The summed E-state index contributed by atoms with van der Waals surface area (Å²) in [5, 5.41) is 2.87. The third-order valence-corrected chi connectivity index (χ3v) is 3.06. The predicted molar refractivity (Wildman–Crippen MR) is 66.6 cm³/mol. The molecule has 0 aromatic heterocycles. The molecule has 19 heavy (non-hydrogen) atoms. The molecule has 1 unspecified atom stereocenters. The summed E-state index contributed by atoms with van der Waals surface area (Å²) >= 11 is 0. The Morgan fingerprint density at radius 2 is 1.74 bits per heavy atom. The minimum atomic E-state index is -4.11. The minimum absolute atomic E-state index is 0.0149. The maximum Gasteiger partial charge on any atom is 0.389 e. The van der Waals surface area contributed by atoms with Gasteiger partial charge in [0.15, 0.2) is 0 Å². The van der Waals surface area contributed by atoms with Gasteiger partial charge < -0.3 is 15.8 Å². The zero-order valence-corrected chi connectivity index (χ0v) is 11.5. The molecule has 0 saturated carbocycles. The van der Waals surface area contributed by atoms with Crippen LogP contribution in [0.2, 0.25) is 0 Å². The van der Waals surface area contributed by atoms with Crippen LogP contribution in [-0.2, 0) is 9.53 Å². The van der Waals surface area contributed by atoms with Crippen molar-refractivity contribution in [2.75, 3.05) is 20.3 Å². The van der Waals surface area contributed by atoms with E-state index in [1.54, 1.807) is 14.0 Å². The van der Waals surface area contributed by atoms with Crippen LogP contribution in [0.4, 0.5) is 13.2 Å². The van der Waals surface area contributed by atoms with Crippen molar-refractivity contribution in [3.63, 3.8) is 0 Å². The second-order valence-electron chi connectivity index (χ2n) is 4.73. The third-order valence-electron chi connectivity index (χ3n) is 3.06. The van der Waals surface area contributed by atoms with Gasteiger partial charge in [-0.3, -0.25) is 4.79 Å². The Balaban J connectivity index is 3.53. The fourth-order valence-electron chi connectivity index (χ4n) is 1.53. The summed E-state index contributed by atoms with van der Waals surface area (Å²) in [6.45, 7) is 2.23. The van der Waals surface area contributed by atoms with Crippen LogP contribution in [0.1, 0.15) is 39.0 Å². The molecule has 0 bridgehead atoms. The van der Waals surface area contributed by atoms with E-state index >= 15 is 0 Å². The summed E-state index contributed by atoms with van der Waals surface area (Å²) in [4.78, 5) is 11.2. The summed E-state index contributed by atoms with van der Waals surface area (Å²) in [7, 11) is 1.67. The number of nitrogens with one attached hydrogen (secondary N) is 1. The Morgan fingerprint density at radius 1 is 1.16 bits per heavy atom. The van der Waals surface area contributed by atoms with Gasteiger partial charge in [-0.15, -0.1) is 0 Å². The first kappa shape index (κ1) is 18.2. The number of halogens is 3. The molecule has 0 aliphatic carbocycles. The highest BCUT2D eigenvalue weighted by Crippen LogP contribution is 2.21. The Morgan fingerprint density at radius 3 is 2.21 bits per heavy atom. The molecule has 3 N–H and O–H groups in total. The molecule has 0 heterocycles. The van der Waals surface area contributed by atoms with Crippen LogP contribution in [0.3, 0.4) is 0 Å². The molecule has 0 rings (SSSR count). The smallest absolute Gasteiger partial charge is 0.381 e. The van der Waals surface area contributed by atoms with Crippen LogP contribution in [-0.4, -0.2) is 37.9 Å². The van der Waals surface area contributed by atoms with Gasteiger partial charge in [-0.2, -0.15) is 13.2 Å². The van der Waals surface area contributed by atoms with E-state index in [1.165, 1.54) is 0 Å². The van der Waals surface area contributed by atoms with Gasteiger partial charge in [0.1, 0.15) is 0 Å². The number of likely N-dealkylation sites (N-methyl/N-ethyl adjacent to an activating group) is 1. The van der Waals surface area contributed by atoms with Crippen molar-refractivity contribution in [1.29, 1.82) is 0 Å². The van der Waals surface area contributed by atoms with Crippen molar-refractivity contribution >= 4 is 5.91 Å². The van der Waals surface area contributed by atoms with Crippen molar-refractivity contribution in [2.45, 2.75) is 50.7 Å². The average molecular weight is 284 g/mol. The molecule has 0 radical (unpaired) electrons. The van der Waals surface area contributed by atoms with Crippen LogP contribution in [0.5, 0.6) is 0 Å². The molecule has 0 aliphatic rings. The third kappa shape index (κ3) is 8.83. The average Bonchev–Trinajstić information content (AvgIpc) is 2.30. The number of hydrogen-bond donors (Lipinski definition) is 2. The van der Waals surface area contributed by atoms with Gasteiger partial charge in [-0.1, -0.05) is 0 Å². The lowest BCUT2D eigenvalue weighted by Gasteiger charge is -2.25. The van der Waals surface area contributed by atoms with E-state index in [9.17, 15) is 18.0 Å². The lowest BCUT2D eigenvalue weighted by molar-refractivity contribution is -0.137. The zero-order chi connectivity index (χ0) is 14.9. The summed E-state index contributed by atoms with van der Waals surface area (Å²) in [6, 6.07) is 0. The van der Waals surface area contributed by atoms with Crippen LogP contribution in [0, 0.1) is 0 Å².